The van der Waals surface area contributed by atoms with Crippen molar-refractivity contribution in [2.75, 3.05) is 0 Å². The van der Waals surface area contributed by atoms with Gasteiger partial charge in [0.15, 0.2) is 0 Å². The largest absolute Gasteiger partial charge is 0.573 e. The summed E-state index contributed by atoms with van der Waals surface area (Å²) in [6.07, 6.45) is 0.900. The second kappa shape index (κ2) is 22.3. The Labute approximate surface area is 363 Å². The van der Waals surface area contributed by atoms with Gasteiger partial charge in [0.25, 0.3) is 0 Å². The van der Waals surface area contributed by atoms with Crippen molar-refractivity contribution in [2.24, 2.45) is 23.7 Å². The van der Waals surface area contributed by atoms with Gasteiger partial charge in [-0.2, -0.15) is 17.6 Å². The van der Waals surface area contributed by atoms with Crippen molar-refractivity contribution >= 4 is 0 Å². The summed E-state index contributed by atoms with van der Waals surface area (Å²) in [7, 11) is 0. The molecule has 0 amide bonds. The molecule has 6 rings (SSSR count). The zero-order valence-corrected chi connectivity index (χ0v) is 35.6. The molecular formula is C49H56F10O4. The van der Waals surface area contributed by atoms with Crippen molar-refractivity contribution in [2.45, 2.75) is 135 Å². The van der Waals surface area contributed by atoms with Crippen molar-refractivity contribution < 1.29 is 62.9 Å². The summed E-state index contributed by atoms with van der Waals surface area (Å²) >= 11 is 0. The van der Waals surface area contributed by atoms with Gasteiger partial charge in [0.2, 0.25) is 0 Å². The van der Waals surface area contributed by atoms with Gasteiger partial charge in [0.05, 0.1) is 11.1 Å². The van der Waals surface area contributed by atoms with E-state index >= 15 is 0 Å². The topological polar surface area (TPSA) is 36.9 Å². The number of benzene rings is 4. The van der Waals surface area contributed by atoms with Crippen molar-refractivity contribution in [3.8, 4) is 23.0 Å². The summed E-state index contributed by atoms with van der Waals surface area (Å²) in [6.45, 7) is 4.47. The highest BCUT2D eigenvalue weighted by atomic mass is 19.4. The van der Waals surface area contributed by atoms with Crippen molar-refractivity contribution in [3.05, 3.63) is 119 Å². The predicted octanol–water partition coefficient (Wildman–Crippen LogP) is 16.1. The molecule has 2 aliphatic carbocycles. The lowest BCUT2D eigenvalue weighted by Crippen LogP contribution is -2.22. The van der Waals surface area contributed by atoms with Crippen molar-refractivity contribution in [1.29, 1.82) is 0 Å². The van der Waals surface area contributed by atoms with Crippen molar-refractivity contribution in [3.63, 3.8) is 0 Å². The van der Waals surface area contributed by atoms with Crippen LogP contribution in [0.15, 0.2) is 97.1 Å². The van der Waals surface area contributed by atoms with Gasteiger partial charge in [-0.3, -0.25) is 0 Å². The Kier molecular flexibility index (Phi) is 17.5. The normalized spacial score (nSPS) is 19.7. The molecule has 14 heteroatoms. The third-order valence-corrected chi connectivity index (χ3v) is 12.1. The van der Waals surface area contributed by atoms with E-state index in [-0.39, 0.29) is 22.6 Å². The third kappa shape index (κ3) is 16.8. The first-order valence-electron chi connectivity index (χ1n) is 21.8. The van der Waals surface area contributed by atoms with Gasteiger partial charge in [-0.1, -0.05) is 109 Å². The minimum Gasteiger partial charge on any atom is -0.429 e. The molecule has 0 N–H and O–H groups in total. The maximum atomic E-state index is 14.5. The van der Waals surface area contributed by atoms with Crippen LogP contribution in [0.25, 0.3) is 0 Å². The van der Waals surface area contributed by atoms with Gasteiger partial charge < -0.3 is 18.9 Å². The lowest BCUT2D eigenvalue weighted by molar-refractivity contribution is -0.275. The van der Waals surface area contributed by atoms with Crippen LogP contribution in [-0.2, 0) is 25.1 Å². The smallest absolute Gasteiger partial charge is 0.429 e. The predicted molar refractivity (Wildman–Crippen MR) is 221 cm³/mol. The van der Waals surface area contributed by atoms with E-state index in [1.54, 1.807) is 24.3 Å². The fraction of sp³-hybridized carbons (Fsp3) is 0.510. The summed E-state index contributed by atoms with van der Waals surface area (Å²) < 4.78 is 148. The SMILES string of the molecule is CCC1CCC(CCc2ccc(C(F)(F)Oc3ccc(OC(F)(F)F)cc3)cc2)CC1.CCCC1CCC(CCc2ccc(C(F)(F)Oc3ccc(OC(F)(F)F)cc3)cc2)CC1. The molecule has 346 valence electrons. The standard InChI is InChI=1S/C25H29F5O2.C24H27F5O2/c1-2-3-18-4-6-19(7-5-18)8-9-20-10-12-21(13-11-20)24(26,27)31-22-14-16-23(17-15-22)32-25(28,29)30;1-2-17-3-5-18(6-4-17)7-8-19-9-11-20(12-10-19)23(25,26)30-21-13-15-22(16-14-21)31-24(27,28)29/h10-19H,2-9H2,1H3;9-18H,2-8H2,1H3. The lowest BCUT2D eigenvalue weighted by atomic mass is 9.78. The van der Waals surface area contributed by atoms with Crippen LogP contribution in [0.2, 0.25) is 0 Å². The summed E-state index contributed by atoms with van der Waals surface area (Å²) in [5.74, 6) is 1.61. The second-order valence-corrected chi connectivity index (χ2v) is 16.7. The number of rotatable bonds is 17. The maximum absolute atomic E-state index is 14.5. The lowest BCUT2D eigenvalue weighted by Gasteiger charge is -2.28. The first kappa shape index (κ1) is 49.4. The average molecular weight is 899 g/mol. The van der Waals surface area contributed by atoms with E-state index in [4.69, 9.17) is 9.47 Å². The molecule has 0 atom stereocenters. The first-order chi connectivity index (χ1) is 29.8. The molecule has 2 saturated carbocycles. The number of halogens is 10. The molecule has 2 fully saturated rings. The van der Waals surface area contributed by atoms with Crippen LogP contribution in [0, 0.1) is 23.7 Å². The molecule has 63 heavy (non-hydrogen) atoms. The molecule has 0 saturated heterocycles. The highest BCUT2D eigenvalue weighted by Gasteiger charge is 2.37. The van der Waals surface area contributed by atoms with Crippen LogP contribution >= 0.6 is 0 Å². The molecule has 0 spiro atoms. The van der Waals surface area contributed by atoms with E-state index < -0.39 is 36.4 Å². The van der Waals surface area contributed by atoms with Gasteiger partial charge in [-0.05, 0) is 133 Å². The van der Waals surface area contributed by atoms with E-state index in [9.17, 15) is 43.9 Å². The Balaban J connectivity index is 0.000000238. The zero-order chi connectivity index (χ0) is 45.7. The van der Waals surface area contributed by atoms with Gasteiger partial charge >= 0.3 is 24.9 Å². The Bertz CT molecular complexity index is 1910. The number of alkyl halides is 10. The number of ether oxygens (including phenoxy) is 4. The van der Waals surface area contributed by atoms with Crippen LogP contribution in [-0.4, -0.2) is 12.7 Å². The molecule has 0 aromatic heterocycles. The minimum absolute atomic E-state index is 0.257. The zero-order valence-electron chi connectivity index (χ0n) is 35.6. The average Bonchev–Trinajstić information content (AvgIpc) is 3.24. The summed E-state index contributed by atoms with van der Waals surface area (Å²) in [6, 6.07) is 19.9. The number of hydrogen-bond acceptors (Lipinski definition) is 4. The summed E-state index contributed by atoms with van der Waals surface area (Å²) in [5, 5.41) is 0. The molecule has 4 nitrogen and oxygen atoms in total. The minimum atomic E-state index is -4.84. The molecule has 4 aromatic rings. The van der Waals surface area contributed by atoms with Crippen LogP contribution in [0.4, 0.5) is 43.9 Å². The molecule has 4 aromatic carbocycles. The van der Waals surface area contributed by atoms with E-state index in [0.29, 0.717) is 11.8 Å². The van der Waals surface area contributed by atoms with E-state index in [0.717, 1.165) is 97.2 Å². The van der Waals surface area contributed by atoms with Crippen molar-refractivity contribution in [1.82, 2.24) is 0 Å². The van der Waals surface area contributed by atoms with Gasteiger partial charge in [-0.15, -0.1) is 26.3 Å². The second-order valence-electron chi connectivity index (χ2n) is 16.7. The Morgan fingerprint density at radius 3 is 0.952 bits per heavy atom. The van der Waals surface area contributed by atoms with Gasteiger partial charge in [-0.25, -0.2) is 0 Å². The number of aryl methyl sites for hydroxylation is 2. The highest BCUT2D eigenvalue weighted by Crippen LogP contribution is 2.38. The Morgan fingerprint density at radius 2 is 0.667 bits per heavy atom. The van der Waals surface area contributed by atoms with E-state index in [1.807, 2.05) is 0 Å². The molecule has 2 aliphatic rings. The number of hydrogen-bond donors (Lipinski definition) is 0. The molecule has 0 bridgehead atoms. The molecular weight excluding hydrogens is 843 g/mol. The van der Waals surface area contributed by atoms with Gasteiger partial charge in [0, 0.05) is 0 Å². The Morgan fingerprint density at radius 1 is 0.381 bits per heavy atom. The highest BCUT2D eigenvalue weighted by molar-refractivity contribution is 5.34. The van der Waals surface area contributed by atoms with E-state index in [2.05, 4.69) is 23.3 Å². The third-order valence-electron chi connectivity index (χ3n) is 12.1. The fourth-order valence-electron chi connectivity index (χ4n) is 8.45. The molecule has 0 aliphatic heterocycles. The summed E-state index contributed by atoms with van der Waals surface area (Å²) in [4.78, 5) is 0. The monoisotopic (exact) mass is 898 g/mol. The molecule has 0 heterocycles. The first-order valence-corrected chi connectivity index (χ1v) is 21.8. The van der Waals surface area contributed by atoms with Crippen LogP contribution < -0.4 is 18.9 Å². The van der Waals surface area contributed by atoms with Crippen LogP contribution in [0.1, 0.15) is 120 Å². The summed E-state index contributed by atoms with van der Waals surface area (Å²) in [5.41, 5.74) is 1.40. The maximum Gasteiger partial charge on any atom is 0.573 e. The van der Waals surface area contributed by atoms with Crippen LogP contribution in [0.3, 0.4) is 0 Å². The molecule has 0 radical (unpaired) electrons. The quantitative estimate of drug-likeness (QED) is 0.0990. The fourth-order valence-corrected chi connectivity index (χ4v) is 8.45. The van der Waals surface area contributed by atoms with Gasteiger partial charge in [0.1, 0.15) is 23.0 Å². The van der Waals surface area contributed by atoms with E-state index in [1.165, 1.54) is 94.9 Å². The van der Waals surface area contributed by atoms with Crippen LogP contribution in [0.5, 0.6) is 23.0 Å². The molecule has 0 unspecified atom stereocenters. The Hall–Kier alpha value is -4.62.